The number of hydrogen-bond acceptors (Lipinski definition) is 4. The van der Waals surface area contributed by atoms with Crippen LogP contribution in [0.15, 0.2) is 78.9 Å². The zero-order chi connectivity index (χ0) is 25.0. The van der Waals surface area contributed by atoms with Gasteiger partial charge in [0.1, 0.15) is 17.5 Å². The van der Waals surface area contributed by atoms with Gasteiger partial charge in [0, 0.05) is 31.5 Å². The molecule has 7 heteroatoms. The van der Waals surface area contributed by atoms with Gasteiger partial charge in [0.25, 0.3) is 0 Å². The van der Waals surface area contributed by atoms with Crippen LogP contribution in [-0.4, -0.2) is 43.5 Å². The summed E-state index contributed by atoms with van der Waals surface area (Å²) >= 11 is 6.04. The first-order chi connectivity index (χ1) is 17.0. The molecule has 0 spiro atoms. The zero-order valence-corrected chi connectivity index (χ0v) is 20.8. The Morgan fingerprint density at radius 1 is 0.914 bits per heavy atom. The van der Waals surface area contributed by atoms with E-state index in [2.05, 4.69) is 5.32 Å². The van der Waals surface area contributed by atoms with E-state index < -0.39 is 6.04 Å². The molecule has 0 saturated heterocycles. The van der Waals surface area contributed by atoms with Gasteiger partial charge < -0.3 is 19.7 Å². The van der Waals surface area contributed by atoms with Crippen LogP contribution in [0.4, 0.5) is 0 Å². The third-order valence-electron chi connectivity index (χ3n) is 5.65. The first-order valence-electron chi connectivity index (χ1n) is 11.6. The van der Waals surface area contributed by atoms with Crippen LogP contribution in [0.1, 0.15) is 24.0 Å². The number of nitrogens with one attached hydrogen (secondary N) is 1. The topological polar surface area (TPSA) is 67.9 Å². The van der Waals surface area contributed by atoms with Crippen molar-refractivity contribution in [1.29, 1.82) is 0 Å². The van der Waals surface area contributed by atoms with Gasteiger partial charge in [-0.15, -0.1) is 0 Å². The third kappa shape index (κ3) is 8.04. The van der Waals surface area contributed by atoms with Crippen molar-refractivity contribution >= 4 is 23.4 Å². The molecule has 0 aliphatic rings. The first kappa shape index (κ1) is 26.1. The molecule has 3 aromatic carbocycles. The summed E-state index contributed by atoms with van der Waals surface area (Å²) in [6.07, 6.45) is 1.20. The maximum atomic E-state index is 13.4. The van der Waals surface area contributed by atoms with Crippen LogP contribution >= 0.6 is 11.6 Å². The number of benzene rings is 3. The molecule has 2 amide bonds. The largest absolute Gasteiger partial charge is 0.497 e. The number of hydrogen-bond donors (Lipinski definition) is 1. The van der Waals surface area contributed by atoms with Gasteiger partial charge in [0.05, 0.1) is 13.7 Å². The van der Waals surface area contributed by atoms with E-state index in [-0.39, 0.29) is 18.2 Å². The highest BCUT2D eigenvalue weighted by atomic mass is 35.5. The van der Waals surface area contributed by atoms with Crippen LogP contribution in [0.5, 0.6) is 11.5 Å². The molecule has 1 atom stereocenters. The summed E-state index contributed by atoms with van der Waals surface area (Å²) in [6.45, 7) is 0.691. The number of halogens is 1. The first-order valence-corrected chi connectivity index (χ1v) is 11.9. The van der Waals surface area contributed by atoms with Crippen LogP contribution in [0.2, 0.25) is 5.02 Å². The molecule has 35 heavy (non-hydrogen) atoms. The molecule has 0 aliphatic carbocycles. The summed E-state index contributed by atoms with van der Waals surface area (Å²) in [5.74, 6) is 1.15. The molecule has 0 saturated carbocycles. The van der Waals surface area contributed by atoms with Crippen molar-refractivity contribution in [2.24, 2.45) is 0 Å². The standard InChI is InChI=1S/C28H31ClN2O4/c1-30-28(33)26(19-21-7-4-3-5-8-21)31(20-22-10-12-23(29)13-11-22)27(32)9-6-18-35-25-16-14-24(34-2)15-17-25/h3-5,7-8,10-17,26H,6,9,18-20H2,1-2H3,(H,30,33)/t26-/m1/s1. The fraction of sp³-hybridized carbons (Fsp3) is 0.286. The van der Waals surface area contributed by atoms with E-state index in [1.54, 1.807) is 31.2 Å². The lowest BCUT2D eigenvalue weighted by Gasteiger charge is -2.31. The number of methoxy groups -OCH3 is 1. The number of rotatable bonds is 12. The Balaban J connectivity index is 1.71. The summed E-state index contributed by atoms with van der Waals surface area (Å²) in [6, 6.07) is 23.7. The molecule has 0 unspecified atom stereocenters. The number of nitrogens with zero attached hydrogens (tertiary/aromatic N) is 1. The molecule has 6 nitrogen and oxygen atoms in total. The van der Waals surface area contributed by atoms with Gasteiger partial charge in [-0.3, -0.25) is 9.59 Å². The SMILES string of the molecule is CNC(=O)[C@@H](Cc1ccccc1)N(Cc1ccc(Cl)cc1)C(=O)CCCOc1ccc(OC)cc1. The van der Waals surface area contributed by atoms with Crippen molar-refractivity contribution in [3.05, 3.63) is 95.0 Å². The fourth-order valence-corrected chi connectivity index (χ4v) is 3.86. The monoisotopic (exact) mass is 494 g/mol. The normalized spacial score (nSPS) is 11.4. The van der Waals surface area contributed by atoms with Crippen molar-refractivity contribution in [3.8, 4) is 11.5 Å². The maximum Gasteiger partial charge on any atom is 0.242 e. The van der Waals surface area contributed by atoms with E-state index in [4.69, 9.17) is 21.1 Å². The Morgan fingerprint density at radius 2 is 1.57 bits per heavy atom. The Morgan fingerprint density at radius 3 is 2.20 bits per heavy atom. The molecule has 3 rings (SSSR count). The van der Waals surface area contributed by atoms with E-state index in [0.29, 0.717) is 36.8 Å². The molecule has 0 bridgehead atoms. The summed E-state index contributed by atoms with van der Waals surface area (Å²) in [5.41, 5.74) is 1.89. The Kier molecular flexibility index (Phi) is 9.99. The fourth-order valence-electron chi connectivity index (χ4n) is 3.74. The van der Waals surface area contributed by atoms with Crippen LogP contribution in [0.3, 0.4) is 0 Å². The van der Waals surface area contributed by atoms with Crippen LogP contribution < -0.4 is 14.8 Å². The highest BCUT2D eigenvalue weighted by Gasteiger charge is 2.29. The highest BCUT2D eigenvalue weighted by Crippen LogP contribution is 2.19. The quantitative estimate of drug-likeness (QED) is 0.364. The van der Waals surface area contributed by atoms with Crippen molar-refractivity contribution in [1.82, 2.24) is 10.2 Å². The van der Waals surface area contributed by atoms with Gasteiger partial charge in [0.15, 0.2) is 0 Å². The predicted molar refractivity (Wildman–Crippen MR) is 138 cm³/mol. The molecule has 1 N–H and O–H groups in total. The third-order valence-corrected chi connectivity index (χ3v) is 5.90. The number of carbonyl (C=O) groups excluding carboxylic acids is 2. The smallest absolute Gasteiger partial charge is 0.242 e. The molecule has 0 radical (unpaired) electrons. The molecule has 0 fully saturated rings. The van der Waals surface area contributed by atoms with Crippen LogP contribution in [0.25, 0.3) is 0 Å². The Bertz CT molecular complexity index is 1070. The van der Waals surface area contributed by atoms with Crippen molar-refractivity contribution < 1.29 is 19.1 Å². The Labute approximate surface area is 211 Å². The molecule has 0 aromatic heterocycles. The van der Waals surface area contributed by atoms with Crippen LogP contribution in [-0.2, 0) is 22.6 Å². The Hall–Kier alpha value is -3.51. The number of carbonyl (C=O) groups is 2. The molecule has 0 heterocycles. The van der Waals surface area contributed by atoms with Crippen LogP contribution in [0, 0.1) is 0 Å². The summed E-state index contributed by atoms with van der Waals surface area (Å²) in [7, 11) is 3.20. The van der Waals surface area contributed by atoms with Gasteiger partial charge in [-0.1, -0.05) is 54.1 Å². The number of amides is 2. The van der Waals surface area contributed by atoms with Gasteiger partial charge in [-0.05, 0) is 53.9 Å². The average molecular weight is 495 g/mol. The van der Waals surface area contributed by atoms with Gasteiger partial charge in [0.2, 0.25) is 11.8 Å². The highest BCUT2D eigenvalue weighted by molar-refractivity contribution is 6.30. The summed E-state index contributed by atoms with van der Waals surface area (Å²) < 4.78 is 10.9. The lowest BCUT2D eigenvalue weighted by molar-refractivity contribution is -0.141. The van der Waals surface area contributed by atoms with E-state index in [9.17, 15) is 9.59 Å². The second-order valence-electron chi connectivity index (χ2n) is 8.10. The zero-order valence-electron chi connectivity index (χ0n) is 20.1. The van der Waals surface area contributed by atoms with Crippen molar-refractivity contribution in [3.63, 3.8) is 0 Å². The summed E-state index contributed by atoms with van der Waals surface area (Å²) in [5, 5.41) is 3.34. The van der Waals surface area contributed by atoms with E-state index in [0.717, 1.165) is 16.9 Å². The minimum absolute atomic E-state index is 0.109. The lowest BCUT2D eigenvalue weighted by Crippen LogP contribution is -2.49. The molecular weight excluding hydrogens is 464 g/mol. The second-order valence-corrected chi connectivity index (χ2v) is 8.53. The van der Waals surface area contributed by atoms with E-state index in [1.165, 1.54) is 0 Å². The summed E-state index contributed by atoms with van der Waals surface area (Å²) in [4.78, 5) is 28.0. The molecule has 0 aliphatic heterocycles. The predicted octanol–water partition coefficient (Wildman–Crippen LogP) is 4.89. The van der Waals surface area contributed by atoms with Crippen molar-refractivity contribution in [2.45, 2.75) is 31.8 Å². The van der Waals surface area contributed by atoms with E-state index in [1.807, 2.05) is 66.7 Å². The van der Waals surface area contributed by atoms with Gasteiger partial charge >= 0.3 is 0 Å². The minimum Gasteiger partial charge on any atom is -0.497 e. The van der Waals surface area contributed by atoms with Gasteiger partial charge in [-0.2, -0.15) is 0 Å². The lowest BCUT2D eigenvalue weighted by atomic mass is 10.0. The molecule has 184 valence electrons. The average Bonchev–Trinajstić information content (AvgIpc) is 2.90. The van der Waals surface area contributed by atoms with Gasteiger partial charge in [-0.25, -0.2) is 0 Å². The number of likely N-dealkylation sites (N-methyl/N-ethyl adjacent to an activating group) is 1. The molecular formula is C28H31ClN2O4. The number of ether oxygens (including phenoxy) is 2. The van der Waals surface area contributed by atoms with Crippen molar-refractivity contribution in [2.75, 3.05) is 20.8 Å². The van der Waals surface area contributed by atoms with E-state index >= 15 is 0 Å². The molecule has 3 aromatic rings. The maximum absolute atomic E-state index is 13.4. The minimum atomic E-state index is -0.645. The second kappa shape index (κ2) is 13.4.